The quantitative estimate of drug-likeness (QED) is 0.542. The lowest BCUT2D eigenvalue weighted by Crippen LogP contribution is -1.87. The van der Waals surface area contributed by atoms with Crippen LogP contribution >= 0.6 is 0 Å². The van der Waals surface area contributed by atoms with E-state index in [2.05, 4.69) is 15.8 Å². The van der Waals surface area contributed by atoms with Gasteiger partial charge in [-0.15, -0.1) is 0 Å². The molecule has 3 nitrogen and oxygen atoms in total. The van der Waals surface area contributed by atoms with Crippen molar-refractivity contribution >= 4 is 18.1 Å². The molecule has 3 heteroatoms. The predicted molar refractivity (Wildman–Crippen MR) is 44.1 cm³/mol. The molecule has 0 saturated heterocycles. The van der Waals surface area contributed by atoms with Crippen molar-refractivity contribution in [2.75, 3.05) is 0 Å². The van der Waals surface area contributed by atoms with Crippen LogP contribution in [0.3, 0.4) is 0 Å². The summed E-state index contributed by atoms with van der Waals surface area (Å²) in [6, 6.07) is 0. The Balaban J connectivity index is 2.66. The first-order valence-electron chi connectivity index (χ1n) is 3.37. The Morgan fingerprint density at radius 2 is 2.45 bits per heavy atom. The second kappa shape index (κ2) is 2.22. The van der Waals surface area contributed by atoms with Crippen LogP contribution in [0.5, 0.6) is 0 Å². The number of allylic oxidation sites excluding steroid dienone is 1. The molecule has 1 aliphatic heterocycles. The van der Waals surface area contributed by atoms with Gasteiger partial charge in [0.2, 0.25) is 0 Å². The van der Waals surface area contributed by atoms with E-state index < -0.39 is 0 Å². The summed E-state index contributed by atoms with van der Waals surface area (Å²) in [5.74, 6) is 3.65. The van der Waals surface area contributed by atoms with Crippen molar-refractivity contribution in [3.05, 3.63) is 23.9 Å². The van der Waals surface area contributed by atoms with Gasteiger partial charge in [0.05, 0.1) is 5.70 Å². The van der Waals surface area contributed by atoms with Gasteiger partial charge < -0.3 is 4.57 Å². The highest BCUT2D eigenvalue weighted by molar-refractivity contribution is 5.78. The largest absolute Gasteiger partial charge is 0.305 e. The first kappa shape index (κ1) is 6.13. The number of hydrogen-bond acceptors (Lipinski definition) is 2. The van der Waals surface area contributed by atoms with E-state index in [-0.39, 0.29) is 0 Å². The molecular formula is C8H7N3. The van der Waals surface area contributed by atoms with Gasteiger partial charge in [-0.3, -0.25) is 0 Å². The lowest BCUT2D eigenvalue weighted by molar-refractivity contribution is 1.09. The summed E-state index contributed by atoms with van der Waals surface area (Å²) in [7, 11) is 0. The highest BCUT2D eigenvalue weighted by Crippen LogP contribution is 2.06. The molecule has 2 rings (SSSR count). The average Bonchev–Trinajstić information content (AvgIpc) is 2.31. The zero-order valence-electron chi connectivity index (χ0n) is 6.15. The van der Waals surface area contributed by atoms with Crippen LogP contribution in [0, 0.1) is 0 Å². The molecule has 0 aromatic carbocycles. The maximum atomic E-state index is 4.09. The number of aliphatic imine (C=N–C) groups is 1. The van der Waals surface area contributed by atoms with Crippen molar-refractivity contribution in [1.29, 1.82) is 0 Å². The molecule has 1 aromatic heterocycles. The summed E-state index contributed by atoms with van der Waals surface area (Å²) in [5.41, 5.74) is 0.929. The zero-order chi connectivity index (χ0) is 7.68. The second-order valence-corrected chi connectivity index (χ2v) is 2.35. The van der Waals surface area contributed by atoms with Crippen molar-refractivity contribution in [1.82, 2.24) is 9.55 Å². The fourth-order valence-electron chi connectivity index (χ4n) is 0.968. The lowest BCUT2D eigenvalue weighted by atomic mass is 10.5. The summed E-state index contributed by atoms with van der Waals surface area (Å²) in [6.45, 7) is 1.93. The molecule has 0 N–H and O–H groups in total. The highest BCUT2D eigenvalue weighted by Gasteiger charge is 1.97. The van der Waals surface area contributed by atoms with Crippen LogP contribution in [0.25, 0.3) is 12.3 Å². The minimum absolute atomic E-state index is 0.866. The summed E-state index contributed by atoms with van der Waals surface area (Å²) < 4.78 is 1.92. The van der Waals surface area contributed by atoms with Gasteiger partial charge >= 0.3 is 0 Å². The third-order valence-corrected chi connectivity index (χ3v) is 1.46. The first-order chi connectivity index (χ1) is 5.36. The van der Waals surface area contributed by atoms with Crippen LogP contribution in [-0.4, -0.2) is 15.4 Å². The summed E-state index contributed by atoms with van der Waals surface area (Å²) in [4.78, 5) is 8.10. The van der Waals surface area contributed by atoms with Crippen molar-refractivity contribution < 1.29 is 0 Å². The van der Waals surface area contributed by atoms with Crippen molar-refractivity contribution in [3.8, 4) is 0 Å². The molecular weight excluding hydrogens is 138 g/mol. The normalized spacial score (nSPS) is 14.1. The van der Waals surface area contributed by atoms with Crippen LogP contribution in [0.2, 0.25) is 0 Å². The monoisotopic (exact) mass is 145 g/mol. The molecule has 11 heavy (non-hydrogen) atoms. The van der Waals surface area contributed by atoms with E-state index in [0.717, 1.165) is 11.5 Å². The first-order valence-corrected chi connectivity index (χ1v) is 3.37. The van der Waals surface area contributed by atoms with Crippen molar-refractivity contribution in [2.45, 2.75) is 6.92 Å². The molecule has 2 heterocycles. The molecule has 0 saturated carbocycles. The molecule has 0 unspecified atom stereocenters. The molecule has 0 aliphatic carbocycles. The molecule has 0 fully saturated rings. The van der Waals surface area contributed by atoms with Crippen LogP contribution in [0.1, 0.15) is 12.7 Å². The average molecular weight is 145 g/mol. The number of rotatable bonds is 0. The SMILES string of the molecule is CC1=Cn2ccnc2C=C=N1. The lowest BCUT2D eigenvalue weighted by Gasteiger charge is -1.93. The predicted octanol–water partition coefficient (Wildman–Crippen LogP) is 1.40. The van der Waals surface area contributed by atoms with Gasteiger partial charge in [-0.1, -0.05) is 0 Å². The van der Waals surface area contributed by atoms with Gasteiger partial charge in [0, 0.05) is 24.7 Å². The van der Waals surface area contributed by atoms with E-state index in [9.17, 15) is 0 Å². The maximum Gasteiger partial charge on any atom is 0.146 e. The number of fused-ring (bicyclic) bond motifs is 1. The van der Waals surface area contributed by atoms with Crippen molar-refractivity contribution in [2.24, 2.45) is 4.99 Å². The Morgan fingerprint density at radius 3 is 3.36 bits per heavy atom. The Morgan fingerprint density at radius 1 is 1.55 bits per heavy atom. The van der Waals surface area contributed by atoms with E-state index in [4.69, 9.17) is 0 Å². The van der Waals surface area contributed by atoms with Crippen molar-refractivity contribution in [3.63, 3.8) is 0 Å². The third kappa shape index (κ3) is 1.02. The van der Waals surface area contributed by atoms with Crippen LogP contribution in [0.15, 0.2) is 23.1 Å². The third-order valence-electron chi connectivity index (χ3n) is 1.46. The van der Waals surface area contributed by atoms with Gasteiger partial charge in [0.15, 0.2) is 0 Å². The summed E-state index contributed by atoms with van der Waals surface area (Å²) >= 11 is 0. The van der Waals surface area contributed by atoms with E-state index in [1.54, 1.807) is 12.3 Å². The number of aromatic nitrogens is 2. The van der Waals surface area contributed by atoms with Gasteiger partial charge in [0.1, 0.15) is 5.82 Å². The Labute approximate surface area is 64.4 Å². The maximum absolute atomic E-state index is 4.09. The fraction of sp³-hybridized carbons (Fsp3) is 0.125. The molecule has 0 atom stereocenters. The van der Waals surface area contributed by atoms with E-state index in [1.807, 2.05) is 23.9 Å². The molecule has 0 amide bonds. The van der Waals surface area contributed by atoms with Gasteiger partial charge in [0.25, 0.3) is 0 Å². The van der Waals surface area contributed by atoms with E-state index in [0.29, 0.717) is 0 Å². The molecule has 54 valence electrons. The Bertz CT molecular complexity index is 364. The summed E-state index contributed by atoms with van der Waals surface area (Å²) in [5, 5.41) is 0. The standard InChI is InChI=1S/C8H7N3/c1-7-6-11-5-4-10-8(11)2-3-9-7/h2,4-6H,1H3. The highest BCUT2D eigenvalue weighted by atomic mass is 15.1. The van der Waals surface area contributed by atoms with E-state index in [1.165, 1.54) is 0 Å². The fourth-order valence-corrected chi connectivity index (χ4v) is 0.968. The molecule has 1 aliphatic rings. The van der Waals surface area contributed by atoms with Crippen LogP contribution in [0.4, 0.5) is 0 Å². The zero-order valence-corrected chi connectivity index (χ0v) is 6.15. The van der Waals surface area contributed by atoms with Crippen LogP contribution < -0.4 is 0 Å². The smallest absolute Gasteiger partial charge is 0.146 e. The van der Waals surface area contributed by atoms with Gasteiger partial charge in [-0.05, 0) is 12.8 Å². The topological polar surface area (TPSA) is 30.2 Å². The second-order valence-electron chi connectivity index (χ2n) is 2.35. The number of imidazole rings is 1. The van der Waals surface area contributed by atoms with Gasteiger partial charge in [-0.2, -0.15) is 0 Å². The Kier molecular flexibility index (Phi) is 1.24. The van der Waals surface area contributed by atoms with E-state index >= 15 is 0 Å². The summed E-state index contributed by atoms with van der Waals surface area (Å²) in [6.07, 6.45) is 7.31. The molecule has 1 aromatic rings. The minimum Gasteiger partial charge on any atom is -0.305 e. The minimum atomic E-state index is 0.866. The number of nitrogens with zero attached hydrogens (tertiary/aromatic N) is 3. The molecule has 0 spiro atoms. The number of hydrogen-bond donors (Lipinski definition) is 0. The van der Waals surface area contributed by atoms with Crippen LogP contribution in [-0.2, 0) is 0 Å². The molecule has 0 bridgehead atoms. The molecule has 0 radical (unpaired) electrons. The Hall–Kier alpha value is -1.60. The van der Waals surface area contributed by atoms with Gasteiger partial charge in [-0.25, -0.2) is 9.98 Å².